The molecule has 3 rings (SSSR count). The molecule has 74 valence electrons. The summed E-state index contributed by atoms with van der Waals surface area (Å²) in [6.07, 6.45) is 1.35. The molecule has 14 heavy (non-hydrogen) atoms. The molecule has 2 heteroatoms. The molecule has 1 aliphatic heterocycles. The molecule has 2 fully saturated rings. The number of nitrogens with one attached hydrogen (secondary N) is 1. The smallest absolute Gasteiger partial charge is 0.0316 e. The summed E-state index contributed by atoms with van der Waals surface area (Å²) in [4.78, 5) is 0. The molecule has 2 aliphatic rings. The standard InChI is InChI=1S/C12H16N2/c13-10-3-1-2-8(4-10)11-5-9-6-14-7-12(9)11/h1-4,9,11-12,14H,5-7,13H2. The quantitative estimate of drug-likeness (QED) is 0.657. The molecule has 1 saturated heterocycles. The lowest BCUT2D eigenvalue weighted by Crippen LogP contribution is -2.33. The fourth-order valence-corrected chi connectivity index (χ4v) is 2.96. The maximum atomic E-state index is 5.80. The largest absolute Gasteiger partial charge is 0.399 e. The Balaban J connectivity index is 1.83. The van der Waals surface area contributed by atoms with E-state index in [-0.39, 0.29) is 0 Å². The summed E-state index contributed by atoms with van der Waals surface area (Å²) in [6.45, 7) is 2.42. The van der Waals surface area contributed by atoms with Crippen LogP contribution >= 0.6 is 0 Å². The lowest BCUT2D eigenvalue weighted by atomic mass is 9.64. The average Bonchev–Trinajstić information content (AvgIpc) is 2.48. The number of anilines is 1. The van der Waals surface area contributed by atoms with Crippen LogP contribution in [-0.4, -0.2) is 13.1 Å². The molecule has 3 N–H and O–H groups in total. The highest BCUT2D eigenvalue weighted by Crippen LogP contribution is 2.49. The summed E-state index contributed by atoms with van der Waals surface area (Å²) in [5.74, 6) is 2.57. The van der Waals surface area contributed by atoms with Gasteiger partial charge in [-0.15, -0.1) is 0 Å². The van der Waals surface area contributed by atoms with Crippen LogP contribution in [0.1, 0.15) is 17.9 Å². The van der Waals surface area contributed by atoms with E-state index >= 15 is 0 Å². The van der Waals surface area contributed by atoms with E-state index in [0.29, 0.717) is 0 Å². The van der Waals surface area contributed by atoms with Crippen LogP contribution in [0.4, 0.5) is 5.69 Å². The Morgan fingerprint density at radius 3 is 3.00 bits per heavy atom. The Bertz CT molecular complexity index is 348. The Morgan fingerprint density at radius 2 is 2.21 bits per heavy atom. The molecule has 1 heterocycles. The van der Waals surface area contributed by atoms with Crippen LogP contribution < -0.4 is 11.1 Å². The van der Waals surface area contributed by atoms with E-state index in [0.717, 1.165) is 23.4 Å². The number of nitrogen functional groups attached to an aromatic ring is 1. The topological polar surface area (TPSA) is 38.0 Å². The van der Waals surface area contributed by atoms with E-state index in [1.807, 2.05) is 6.07 Å². The van der Waals surface area contributed by atoms with Gasteiger partial charge in [0.15, 0.2) is 0 Å². The van der Waals surface area contributed by atoms with E-state index in [2.05, 4.69) is 23.5 Å². The Morgan fingerprint density at radius 1 is 1.29 bits per heavy atom. The van der Waals surface area contributed by atoms with Crippen molar-refractivity contribution in [3.63, 3.8) is 0 Å². The van der Waals surface area contributed by atoms with Crippen LogP contribution in [0, 0.1) is 11.8 Å². The third-order valence-corrected chi connectivity index (χ3v) is 3.80. The van der Waals surface area contributed by atoms with Crippen LogP contribution in [-0.2, 0) is 0 Å². The highest BCUT2D eigenvalue weighted by atomic mass is 14.9. The first kappa shape index (κ1) is 8.30. The van der Waals surface area contributed by atoms with Gasteiger partial charge in [0.2, 0.25) is 0 Å². The minimum absolute atomic E-state index is 0.762. The van der Waals surface area contributed by atoms with Gasteiger partial charge in [-0.3, -0.25) is 0 Å². The molecular weight excluding hydrogens is 172 g/mol. The van der Waals surface area contributed by atoms with Crippen molar-refractivity contribution in [1.29, 1.82) is 0 Å². The van der Waals surface area contributed by atoms with E-state index in [1.165, 1.54) is 25.1 Å². The molecule has 0 aromatic heterocycles. The zero-order chi connectivity index (χ0) is 9.54. The van der Waals surface area contributed by atoms with E-state index in [9.17, 15) is 0 Å². The van der Waals surface area contributed by atoms with Crippen molar-refractivity contribution in [2.45, 2.75) is 12.3 Å². The molecule has 3 atom stereocenters. The fourth-order valence-electron chi connectivity index (χ4n) is 2.96. The molecule has 0 amide bonds. The normalized spacial score (nSPS) is 35.0. The van der Waals surface area contributed by atoms with Crippen molar-refractivity contribution in [2.24, 2.45) is 11.8 Å². The molecule has 2 nitrogen and oxygen atoms in total. The summed E-state index contributed by atoms with van der Waals surface area (Å²) in [6, 6.07) is 8.39. The predicted molar refractivity (Wildman–Crippen MR) is 58.1 cm³/mol. The number of hydrogen-bond donors (Lipinski definition) is 2. The maximum absolute atomic E-state index is 5.80. The van der Waals surface area contributed by atoms with Crippen LogP contribution in [0.3, 0.4) is 0 Å². The van der Waals surface area contributed by atoms with Gasteiger partial charge in [-0.1, -0.05) is 12.1 Å². The first-order valence-corrected chi connectivity index (χ1v) is 5.41. The summed E-state index contributed by atoms with van der Waals surface area (Å²) >= 11 is 0. The highest BCUT2D eigenvalue weighted by Gasteiger charge is 2.44. The van der Waals surface area contributed by atoms with Crippen molar-refractivity contribution in [3.05, 3.63) is 29.8 Å². The average molecular weight is 188 g/mol. The zero-order valence-corrected chi connectivity index (χ0v) is 8.24. The van der Waals surface area contributed by atoms with E-state index in [1.54, 1.807) is 0 Å². The second-order valence-corrected chi connectivity index (χ2v) is 4.59. The van der Waals surface area contributed by atoms with Gasteiger partial charge >= 0.3 is 0 Å². The minimum Gasteiger partial charge on any atom is -0.399 e. The summed E-state index contributed by atoms with van der Waals surface area (Å²) in [5, 5.41) is 3.47. The molecule has 1 aromatic carbocycles. The van der Waals surface area contributed by atoms with Gasteiger partial charge in [-0.25, -0.2) is 0 Å². The number of fused-ring (bicyclic) bond motifs is 1. The lowest BCUT2D eigenvalue weighted by molar-refractivity contribution is 0.191. The van der Waals surface area contributed by atoms with Gasteiger partial charge in [0.1, 0.15) is 0 Å². The maximum Gasteiger partial charge on any atom is 0.0316 e. The van der Waals surface area contributed by atoms with Crippen LogP contribution in [0.25, 0.3) is 0 Å². The third-order valence-electron chi connectivity index (χ3n) is 3.80. The first-order chi connectivity index (χ1) is 6.84. The molecular formula is C12H16N2. The Hall–Kier alpha value is -1.02. The van der Waals surface area contributed by atoms with Gasteiger partial charge in [0.05, 0.1) is 0 Å². The van der Waals surface area contributed by atoms with E-state index in [4.69, 9.17) is 5.73 Å². The number of nitrogens with two attached hydrogens (primary N) is 1. The van der Waals surface area contributed by atoms with Crippen molar-refractivity contribution in [1.82, 2.24) is 5.32 Å². The molecule has 0 bridgehead atoms. The van der Waals surface area contributed by atoms with Gasteiger partial charge < -0.3 is 11.1 Å². The molecule has 0 spiro atoms. The van der Waals surface area contributed by atoms with Crippen LogP contribution in [0.5, 0.6) is 0 Å². The molecule has 1 saturated carbocycles. The van der Waals surface area contributed by atoms with Gasteiger partial charge in [-0.2, -0.15) is 0 Å². The van der Waals surface area contributed by atoms with Crippen LogP contribution in [0.15, 0.2) is 24.3 Å². The van der Waals surface area contributed by atoms with Crippen molar-refractivity contribution in [2.75, 3.05) is 18.8 Å². The van der Waals surface area contributed by atoms with Gasteiger partial charge in [0, 0.05) is 5.69 Å². The summed E-state index contributed by atoms with van der Waals surface area (Å²) in [7, 11) is 0. The number of benzene rings is 1. The van der Waals surface area contributed by atoms with Crippen molar-refractivity contribution in [3.8, 4) is 0 Å². The van der Waals surface area contributed by atoms with Crippen LogP contribution in [0.2, 0.25) is 0 Å². The molecule has 1 aliphatic carbocycles. The predicted octanol–water partition coefficient (Wildman–Crippen LogP) is 1.59. The third kappa shape index (κ3) is 1.14. The number of hydrogen-bond acceptors (Lipinski definition) is 2. The molecule has 0 radical (unpaired) electrons. The molecule has 3 unspecified atom stereocenters. The van der Waals surface area contributed by atoms with Gasteiger partial charge in [0.25, 0.3) is 0 Å². The Labute approximate surface area is 84.5 Å². The monoisotopic (exact) mass is 188 g/mol. The first-order valence-electron chi connectivity index (χ1n) is 5.41. The summed E-state index contributed by atoms with van der Waals surface area (Å²) in [5.41, 5.74) is 8.14. The minimum atomic E-state index is 0.762. The summed E-state index contributed by atoms with van der Waals surface area (Å²) < 4.78 is 0. The highest BCUT2D eigenvalue weighted by molar-refractivity contribution is 5.42. The number of rotatable bonds is 1. The zero-order valence-electron chi connectivity index (χ0n) is 8.24. The fraction of sp³-hybridized carbons (Fsp3) is 0.500. The van der Waals surface area contributed by atoms with Gasteiger partial charge in [-0.05, 0) is 55.0 Å². The second kappa shape index (κ2) is 2.99. The van der Waals surface area contributed by atoms with E-state index < -0.39 is 0 Å². The second-order valence-electron chi connectivity index (χ2n) is 4.59. The lowest BCUT2D eigenvalue weighted by Gasteiger charge is -2.40. The van der Waals surface area contributed by atoms with Crippen molar-refractivity contribution < 1.29 is 0 Å². The van der Waals surface area contributed by atoms with Crippen molar-refractivity contribution >= 4 is 5.69 Å². The Kier molecular flexibility index (Phi) is 1.77. The molecule has 1 aromatic rings. The SMILES string of the molecule is Nc1cccc(C2CC3CNCC32)c1.